The molecule has 180 valence electrons. The summed E-state index contributed by atoms with van der Waals surface area (Å²) in [4.78, 5) is 0. The Morgan fingerprint density at radius 1 is 1.25 bits per heavy atom. The Hall–Kier alpha value is -1.09. The van der Waals surface area contributed by atoms with Gasteiger partial charge in [-0.3, -0.25) is 0 Å². The standard InChI is InChI=1S/C21H31IN3O6S/c1-10(2)16(24)13(7-11-3-4-12(8-14(11)22)30-6-5-23)20(25)31-21-19(29)18(28)17(27)15(9-26)32-21/h3-4,8,10,15,17-19,21,24-29H,5-7,9,23H2,1-2H3/q-1/b20-13+,24-16?/t15-,17-,18+,19-,21-/m1/s1. The molecule has 1 saturated heterocycles. The van der Waals surface area contributed by atoms with Crippen molar-refractivity contribution < 1.29 is 29.9 Å². The number of nitrogens with one attached hydrogen (secondary N) is 2. The zero-order chi connectivity index (χ0) is 24.0. The van der Waals surface area contributed by atoms with Gasteiger partial charge in [0.2, 0.25) is 0 Å². The predicted octanol–water partition coefficient (Wildman–Crippen LogP) is 1.64. The number of aliphatic hydroxyl groups excluding tert-OH is 4. The second-order valence-electron chi connectivity index (χ2n) is 7.76. The lowest BCUT2D eigenvalue weighted by Crippen LogP contribution is -2.54. The van der Waals surface area contributed by atoms with Crippen LogP contribution in [0.5, 0.6) is 5.75 Å². The van der Waals surface area contributed by atoms with E-state index in [-0.39, 0.29) is 23.9 Å². The third-order valence-electron chi connectivity index (χ3n) is 5.04. The lowest BCUT2D eigenvalue weighted by Gasteiger charge is -2.40. The minimum absolute atomic E-state index is 0.166. The first-order chi connectivity index (χ1) is 15.1. The Labute approximate surface area is 205 Å². The van der Waals surface area contributed by atoms with Crippen molar-refractivity contribution in [2.45, 2.75) is 49.3 Å². The van der Waals surface area contributed by atoms with Crippen LogP contribution in [0.4, 0.5) is 0 Å². The first kappa shape index (κ1) is 27.2. The third kappa shape index (κ3) is 6.72. The molecule has 1 aromatic rings. The number of hydrogen-bond donors (Lipinski definition) is 6. The molecule has 1 aromatic carbocycles. The van der Waals surface area contributed by atoms with Crippen molar-refractivity contribution in [3.8, 4) is 5.75 Å². The number of allylic oxidation sites excluding steroid dienone is 1. The minimum Gasteiger partial charge on any atom is -0.668 e. The predicted molar refractivity (Wildman–Crippen MR) is 133 cm³/mol. The van der Waals surface area contributed by atoms with Crippen LogP contribution < -0.4 is 10.5 Å². The zero-order valence-corrected chi connectivity index (χ0v) is 21.0. The third-order valence-corrected chi connectivity index (χ3v) is 7.46. The van der Waals surface area contributed by atoms with Gasteiger partial charge in [0.25, 0.3) is 0 Å². The molecule has 0 amide bonds. The van der Waals surface area contributed by atoms with E-state index < -0.39 is 35.6 Å². The summed E-state index contributed by atoms with van der Waals surface area (Å²) >= 11 is 3.12. The van der Waals surface area contributed by atoms with Gasteiger partial charge in [-0.05, 0) is 51.8 Å². The van der Waals surface area contributed by atoms with E-state index in [1.54, 1.807) is 6.07 Å². The van der Waals surface area contributed by atoms with E-state index in [9.17, 15) is 20.4 Å². The van der Waals surface area contributed by atoms with E-state index in [0.717, 1.165) is 20.9 Å². The molecule has 2 rings (SSSR count). The van der Waals surface area contributed by atoms with Gasteiger partial charge in [0, 0.05) is 28.1 Å². The highest BCUT2D eigenvalue weighted by Crippen LogP contribution is 2.35. The van der Waals surface area contributed by atoms with Gasteiger partial charge in [-0.1, -0.05) is 19.9 Å². The summed E-state index contributed by atoms with van der Waals surface area (Å²) in [6, 6.07) is 5.52. The van der Waals surface area contributed by atoms with Crippen LogP contribution in [0.25, 0.3) is 5.73 Å². The van der Waals surface area contributed by atoms with Crippen molar-refractivity contribution in [3.63, 3.8) is 0 Å². The summed E-state index contributed by atoms with van der Waals surface area (Å²) < 4.78 is 12.1. The van der Waals surface area contributed by atoms with Gasteiger partial charge >= 0.3 is 0 Å². The van der Waals surface area contributed by atoms with Crippen molar-refractivity contribution >= 4 is 40.1 Å². The fraction of sp³-hybridized carbons (Fsp3) is 0.571. The van der Waals surface area contributed by atoms with Gasteiger partial charge in [-0.2, -0.15) is 0 Å². The Bertz CT molecular complexity index is 823. The fourth-order valence-corrected chi connectivity index (χ4v) is 5.03. The highest BCUT2D eigenvalue weighted by atomic mass is 127. The molecule has 0 spiro atoms. The van der Waals surface area contributed by atoms with Crippen molar-refractivity contribution in [1.29, 1.82) is 5.41 Å². The molecule has 0 aromatic heterocycles. The van der Waals surface area contributed by atoms with Crippen LogP contribution in [0.2, 0.25) is 0 Å². The Morgan fingerprint density at radius 3 is 2.50 bits per heavy atom. The van der Waals surface area contributed by atoms with Crippen molar-refractivity contribution in [1.82, 2.24) is 0 Å². The number of hydrogen-bond acceptors (Lipinski definition) is 9. The maximum Gasteiger partial charge on any atom is 0.170 e. The average molecular weight is 580 g/mol. The second-order valence-corrected chi connectivity index (χ2v) is 10.3. The number of thioether (sulfide) groups is 1. The molecule has 0 bridgehead atoms. The van der Waals surface area contributed by atoms with Crippen LogP contribution >= 0.6 is 34.4 Å². The monoisotopic (exact) mass is 580 g/mol. The van der Waals surface area contributed by atoms with Gasteiger partial charge in [0.15, 0.2) is 5.44 Å². The Kier molecular flexibility index (Phi) is 10.5. The number of benzene rings is 1. The second kappa shape index (κ2) is 12.4. The largest absolute Gasteiger partial charge is 0.668 e. The van der Waals surface area contributed by atoms with Crippen LogP contribution in [0, 0.1) is 14.9 Å². The van der Waals surface area contributed by atoms with Gasteiger partial charge < -0.3 is 46.8 Å². The highest BCUT2D eigenvalue weighted by molar-refractivity contribution is 14.1. The van der Waals surface area contributed by atoms with E-state index >= 15 is 0 Å². The van der Waals surface area contributed by atoms with Crippen LogP contribution in [0.3, 0.4) is 0 Å². The number of nitrogens with two attached hydrogens (primary N) is 1. The van der Waals surface area contributed by atoms with E-state index in [2.05, 4.69) is 22.6 Å². The van der Waals surface area contributed by atoms with Crippen LogP contribution in [0.1, 0.15) is 19.4 Å². The summed E-state index contributed by atoms with van der Waals surface area (Å²) in [5.41, 5.74) is 14.4. The molecule has 0 aliphatic carbocycles. The SMILES string of the molecule is CC(C)C(=N)/C(Cc1ccc(OCCN)cc1I)=C(\[NH-])O[C@@H]1S[C@H](CO)[C@@H](O)[C@H](O)[C@H]1O. The minimum atomic E-state index is -1.51. The average Bonchev–Trinajstić information content (AvgIpc) is 2.76. The molecule has 9 nitrogen and oxygen atoms in total. The molecule has 0 saturated carbocycles. The summed E-state index contributed by atoms with van der Waals surface area (Å²) in [5, 5.41) is 47.6. The molecule has 5 atom stereocenters. The molecular formula is C21H31IN3O6S-. The van der Waals surface area contributed by atoms with E-state index in [1.807, 2.05) is 26.0 Å². The maximum absolute atomic E-state index is 10.3. The number of rotatable bonds is 10. The van der Waals surface area contributed by atoms with E-state index in [0.29, 0.717) is 24.5 Å². The van der Waals surface area contributed by atoms with Gasteiger partial charge in [-0.25, -0.2) is 0 Å². The van der Waals surface area contributed by atoms with E-state index in [1.165, 1.54) is 0 Å². The molecule has 11 heteroatoms. The maximum atomic E-state index is 10.3. The van der Waals surface area contributed by atoms with Gasteiger partial charge in [0.1, 0.15) is 24.6 Å². The zero-order valence-electron chi connectivity index (χ0n) is 18.0. The summed E-state index contributed by atoms with van der Waals surface area (Å²) in [5.74, 6) is 0.222. The number of aliphatic hydroxyl groups is 4. The molecule has 1 aliphatic rings. The molecule has 1 aliphatic heterocycles. The van der Waals surface area contributed by atoms with Crippen LogP contribution in [-0.2, 0) is 11.2 Å². The molecular weight excluding hydrogens is 549 g/mol. The quantitative estimate of drug-likeness (QED) is 0.138. The lowest BCUT2D eigenvalue weighted by molar-refractivity contribution is -0.0993. The van der Waals surface area contributed by atoms with Crippen LogP contribution in [0.15, 0.2) is 29.7 Å². The molecule has 0 radical (unpaired) electrons. The van der Waals surface area contributed by atoms with Crippen molar-refractivity contribution in [3.05, 3.63) is 44.5 Å². The number of halogens is 1. The summed E-state index contributed by atoms with van der Waals surface area (Å²) in [6.07, 6.45) is -4.02. The van der Waals surface area contributed by atoms with E-state index in [4.69, 9.17) is 26.4 Å². The first-order valence-corrected chi connectivity index (χ1v) is 12.2. The van der Waals surface area contributed by atoms with Gasteiger partial charge in [0.05, 0.1) is 18.0 Å². The fourth-order valence-electron chi connectivity index (χ4n) is 3.13. The van der Waals surface area contributed by atoms with Crippen molar-refractivity contribution in [2.75, 3.05) is 19.8 Å². The topological polar surface area (TPSA) is 173 Å². The number of ether oxygens (including phenoxy) is 2. The first-order valence-electron chi connectivity index (χ1n) is 10.2. The van der Waals surface area contributed by atoms with Crippen LogP contribution in [-0.4, -0.2) is 74.9 Å². The normalized spacial score (nSPS) is 26.6. The molecule has 0 unspecified atom stereocenters. The summed E-state index contributed by atoms with van der Waals surface area (Å²) in [7, 11) is 0. The molecule has 1 fully saturated rings. The molecule has 32 heavy (non-hydrogen) atoms. The highest BCUT2D eigenvalue weighted by Gasteiger charge is 2.44. The van der Waals surface area contributed by atoms with Crippen molar-refractivity contribution in [2.24, 2.45) is 11.7 Å². The smallest absolute Gasteiger partial charge is 0.170 e. The summed E-state index contributed by atoms with van der Waals surface area (Å²) in [6.45, 7) is 4.08. The lowest BCUT2D eigenvalue weighted by atomic mass is 9.94. The Morgan fingerprint density at radius 2 is 1.94 bits per heavy atom. The molecule has 8 N–H and O–H groups in total. The van der Waals surface area contributed by atoms with Gasteiger partial charge in [-0.15, -0.1) is 11.8 Å². The molecule has 1 heterocycles. The Balaban J connectivity index is 2.30.